The van der Waals surface area contributed by atoms with E-state index in [1.807, 2.05) is 0 Å². The fourth-order valence-corrected chi connectivity index (χ4v) is 167. The Kier molecular flexibility index (Phi) is 15.2. The molecule has 0 aromatic carbocycles. The van der Waals surface area contributed by atoms with E-state index >= 15 is 0 Å². The summed E-state index contributed by atoms with van der Waals surface area (Å²) in [5.74, 6) is 0. The zero-order valence-corrected chi connectivity index (χ0v) is 40.4. The van der Waals surface area contributed by atoms with Crippen molar-refractivity contribution in [2.24, 2.45) is 0 Å². The molecule has 3 aliphatic rings. The summed E-state index contributed by atoms with van der Waals surface area (Å²) < 4.78 is 11.6. The number of ether oxygens (including phenoxy) is 2. The molecule has 3 saturated heterocycles. The first kappa shape index (κ1) is 41.0. The Labute approximate surface area is 272 Å². The van der Waals surface area contributed by atoms with Gasteiger partial charge in [0.15, 0.2) is 0 Å². The highest BCUT2D eigenvalue weighted by Gasteiger charge is 2.75. The van der Waals surface area contributed by atoms with E-state index in [2.05, 4.69) is 135 Å². The Balaban J connectivity index is 0.000000657. The quantitative estimate of drug-likeness (QED) is 0.232. The van der Waals surface area contributed by atoms with Crippen LogP contribution in [0.1, 0.15) is 25.7 Å². The predicted molar refractivity (Wildman–Crippen MR) is 212 cm³/mol. The van der Waals surface area contributed by atoms with Crippen molar-refractivity contribution in [3.8, 4) is 0 Å². The molecule has 0 radical (unpaired) electrons. The van der Waals surface area contributed by atoms with Crippen LogP contribution in [0.5, 0.6) is 0 Å². The highest BCUT2D eigenvalue weighted by molar-refractivity contribution is 8.93. The fourth-order valence-electron chi connectivity index (χ4n) is 10.5. The zero-order valence-electron chi connectivity index (χ0n) is 30.4. The molecule has 0 bridgehead atoms. The largest absolute Gasteiger partial charge is 0.388 e. The van der Waals surface area contributed by atoms with Gasteiger partial charge in [0.1, 0.15) is 0 Å². The molecule has 3 heterocycles. The first-order chi connectivity index (χ1) is 17.7. The van der Waals surface area contributed by atoms with Gasteiger partial charge in [0.05, 0.1) is 0 Å². The highest BCUT2D eigenvalue weighted by Crippen LogP contribution is 2.72. The minimum Gasteiger partial charge on any atom is -0.381 e. The molecule has 0 N–H and O–H groups in total. The molecule has 0 atom stereocenters. The maximum absolute atomic E-state index is 4.94. The van der Waals surface area contributed by atoms with Crippen LogP contribution in [0.15, 0.2) is 0 Å². The molecule has 0 amide bonds. The van der Waals surface area contributed by atoms with E-state index in [1.54, 1.807) is 0 Å². The van der Waals surface area contributed by atoms with Gasteiger partial charge in [-0.15, -0.1) is 0 Å². The van der Waals surface area contributed by atoms with Gasteiger partial charge in [0.2, 0.25) is 0 Å². The molecule has 0 aromatic heterocycles. The second-order valence-corrected chi connectivity index (χ2v) is 74.5. The van der Waals surface area contributed by atoms with Crippen molar-refractivity contribution in [2.45, 2.75) is 150 Å². The molecule has 12 heteroatoms. The summed E-state index contributed by atoms with van der Waals surface area (Å²) in [4.78, 5) is 0. The van der Waals surface area contributed by atoms with Gasteiger partial charge >= 0.3 is 23.8 Å². The molecule has 0 saturated carbocycles. The van der Waals surface area contributed by atoms with Gasteiger partial charge < -0.3 is 26.5 Å². The molecule has 40 heavy (non-hydrogen) atoms. The van der Waals surface area contributed by atoms with Gasteiger partial charge in [0, 0.05) is 74.9 Å². The molecular weight excluding hydrogens is 655 g/mol. The van der Waals surface area contributed by atoms with E-state index in [0.717, 1.165) is 32.7 Å². The van der Waals surface area contributed by atoms with Crippen LogP contribution in [0.3, 0.4) is 0 Å². The number of hydrogen-bond acceptors (Lipinski definition) is 4. The van der Waals surface area contributed by atoms with Crippen LogP contribution in [-0.4, -0.2) is 98.6 Å². The van der Waals surface area contributed by atoms with Gasteiger partial charge in [-0.25, -0.2) is 0 Å². The van der Waals surface area contributed by atoms with Gasteiger partial charge in [0.25, 0.3) is 0 Å². The Bertz CT molecular complexity index is 628. The van der Waals surface area contributed by atoms with Crippen molar-refractivity contribution in [1.29, 1.82) is 0 Å². The summed E-state index contributed by atoms with van der Waals surface area (Å²) in [5.41, 5.74) is 0. The Hall–Kier alpha value is 2.99. The van der Waals surface area contributed by atoms with Crippen molar-refractivity contribution in [1.82, 2.24) is 0 Å². The lowest BCUT2D eigenvalue weighted by Crippen LogP contribution is -2.77. The third-order valence-corrected chi connectivity index (χ3v) is 110. The third kappa shape index (κ3) is 8.66. The summed E-state index contributed by atoms with van der Waals surface area (Å²) in [7, 11) is -2.01. The maximum Gasteiger partial charge on any atom is 0.388 e. The second kappa shape index (κ2) is 14.8. The van der Waals surface area contributed by atoms with Gasteiger partial charge in [-0.2, -0.15) is 0 Å². The van der Waals surface area contributed by atoms with E-state index in [1.165, 1.54) is 25.7 Å². The van der Waals surface area contributed by atoms with Gasteiger partial charge in [-0.3, -0.25) is 0 Å². The molecule has 3 fully saturated rings. The second-order valence-electron chi connectivity index (χ2n) is 18.7. The van der Waals surface area contributed by atoms with Crippen molar-refractivity contribution in [2.75, 3.05) is 26.4 Å². The normalized spacial score (nSPS) is 19.9. The van der Waals surface area contributed by atoms with Crippen LogP contribution in [-0.2, 0) is 9.47 Å². The summed E-state index contributed by atoms with van der Waals surface area (Å²) >= 11 is -1.71. The Morgan fingerprint density at radius 1 is 0.375 bits per heavy atom. The lowest BCUT2D eigenvalue weighted by Gasteiger charge is -2.69. The smallest absolute Gasteiger partial charge is 0.381 e. The van der Waals surface area contributed by atoms with Crippen LogP contribution < -0.4 is 0 Å². The molecule has 2 nitrogen and oxygen atoms in total. The first-order valence-electron chi connectivity index (χ1n) is 16.2. The summed E-state index contributed by atoms with van der Waals surface area (Å²) in [6.07, 6.45) is 5.11. The van der Waals surface area contributed by atoms with Crippen LogP contribution in [0.2, 0.25) is 124 Å². The van der Waals surface area contributed by atoms with Gasteiger partial charge in [-0.1, -0.05) is 124 Å². The van der Waals surface area contributed by atoms with E-state index in [4.69, 9.17) is 9.47 Å². The molecule has 0 aliphatic carbocycles. The SMILES string of the molecule is C1CCOC1.C1CCOC1.C[Si](C)(C)[C]([Al]1[S][Al]([C]([Si](C)(C)C)([Si](C)(C)C)[Si](C)(C)C)[S]1)([Si](C)(C)C)[Si](C)(C)C. The summed E-state index contributed by atoms with van der Waals surface area (Å²) in [6.45, 7) is 53.9. The van der Waals surface area contributed by atoms with Crippen LogP contribution in [0, 0.1) is 0 Å². The fraction of sp³-hybridized carbons (Fsp3) is 1.00. The van der Waals surface area contributed by atoms with E-state index in [-0.39, 0.29) is 0 Å². The highest BCUT2D eigenvalue weighted by atomic mass is 32.8. The third-order valence-electron chi connectivity index (χ3n) is 9.95. The summed E-state index contributed by atoms with van der Waals surface area (Å²) in [6, 6.07) is 0. The van der Waals surface area contributed by atoms with Crippen molar-refractivity contribution >= 4 is 89.2 Å². The maximum atomic E-state index is 4.94. The van der Waals surface area contributed by atoms with E-state index in [0.29, 0.717) is 0 Å². The average molecular weight is 725 g/mol. The average Bonchev–Trinajstić information content (AvgIpc) is 3.38. The molecule has 0 unspecified atom stereocenters. The lowest BCUT2D eigenvalue weighted by molar-refractivity contribution is 0.198. The van der Waals surface area contributed by atoms with Crippen LogP contribution in [0.4, 0.5) is 0 Å². The number of rotatable bonds is 8. The van der Waals surface area contributed by atoms with Crippen molar-refractivity contribution in [3.63, 3.8) is 0 Å². The molecule has 0 aromatic rings. The van der Waals surface area contributed by atoms with Crippen LogP contribution >= 0.6 is 17.0 Å². The minimum absolute atomic E-state index is 0.843. The Morgan fingerprint density at radius 2 is 0.550 bits per heavy atom. The molecule has 0 spiro atoms. The van der Waals surface area contributed by atoms with Crippen LogP contribution in [0.25, 0.3) is 0 Å². The number of hydrogen-bond donors (Lipinski definition) is 0. The molecule has 236 valence electrons. The topological polar surface area (TPSA) is 18.5 Å². The van der Waals surface area contributed by atoms with E-state index < -0.39 is 72.2 Å². The summed E-state index contributed by atoms with van der Waals surface area (Å²) in [5, 5.41) is 0. The Morgan fingerprint density at radius 3 is 0.650 bits per heavy atom. The minimum atomic E-state index is -1.27. The molecule has 3 rings (SSSR count). The predicted octanol–water partition coefficient (Wildman–Crippen LogP) is 10.8. The first-order valence-corrected chi connectivity index (χ1v) is 45.9. The zero-order chi connectivity index (χ0) is 31.6. The van der Waals surface area contributed by atoms with E-state index in [9.17, 15) is 0 Å². The lowest BCUT2D eigenvalue weighted by atomic mass is 10.4. The van der Waals surface area contributed by atoms with Gasteiger partial charge in [-0.05, 0) is 25.7 Å². The standard InChI is InChI=1S/2C10H27Si3.2C4H8O.2Al.2S/c2*1-11(2,3)10(12(4,5)6)13(7,8)9;2*1-2-4-5-3-1;;;;/h2*1-9H3;2*1-4H2;;;;. The van der Waals surface area contributed by atoms with Crippen molar-refractivity contribution < 1.29 is 9.47 Å². The monoisotopic (exact) mass is 724 g/mol. The van der Waals surface area contributed by atoms with Crippen molar-refractivity contribution in [3.05, 3.63) is 0 Å². The molecular formula is C28H70Al2O2S2Si6. The molecule has 3 aliphatic heterocycles.